The summed E-state index contributed by atoms with van der Waals surface area (Å²) in [5, 5.41) is 4.16. The highest BCUT2D eigenvalue weighted by Gasteiger charge is 2.19. The number of hydrogen-bond donors (Lipinski definition) is 2. The van der Waals surface area contributed by atoms with Crippen molar-refractivity contribution in [3.8, 4) is 5.75 Å². The lowest BCUT2D eigenvalue weighted by atomic mass is 10.3. The van der Waals surface area contributed by atoms with Crippen molar-refractivity contribution >= 4 is 27.8 Å². The number of ketones is 1. The summed E-state index contributed by atoms with van der Waals surface area (Å²) in [4.78, 5) is 14.4. The van der Waals surface area contributed by atoms with E-state index in [4.69, 9.17) is 10.5 Å². The number of likely N-dealkylation sites (N-methyl/N-ethyl adjacent to an activating group) is 1. The molecule has 0 aliphatic carbocycles. The molecular formula is C14H25N3O2S. The molecule has 1 rings (SSSR count). The number of hydrogen-bond acceptors (Lipinski definition) is 6. The lowest BCUT2D eigenvalue weighted by molar-refractivity contribution is 0.102. The zero-order chi connectivity index (χ0) is 15.1. The highest BCUT2D eigenvalue weighted by Crippen LogP contribution is 2.42. The highest BCUT2D eigenvalue weighted by molar-refractivity contribution is 7.19. The van der Waals surface area contributed by atoms with Gasteiger partial charge in [-0.3, -0.25) is 4.79 Å². The van der Waals surface area contributed by atoms with E-state index in [1.165, 1.54) is 18.3 Å². The third-order valence-corrected chi connectivity index (χ3v) is 4.37. The van der Waals surface area contributed by atoms with Crippen molar-refractivity contribution in [3.63, 3.8) is 0 Å². The Morgan fingerprint density at radius 3 is 2.60 bits per heavy atom. The van der Waals surface area contributed by atoms with Crippen LogP contribution in [0.25, 0.3) is 0 Å². The SMILES string of the molecule is CCCN(CC)CCNc1sc(C(C)=O)c(N)c1OC. The number of nitrogens with zero attached hydrogens (tertiary/aromatic N) is 1. The minimum absolute atomic E-state index is 0.0278. The van der Waals surface area contributed by atoms with Crippen LogP contribution >= 0.6 is 11.3 Å². The number of methoxy groups -OCH3 is 1. The Balaban J connectivity index is 2.68. The Morgan fingerprint density at radius 1 is 1.40 bits per heavy atom. The molecule has 0 aliphatic rings. The van der Waals surface area contributed by atoms with Crippen LogP contribution in [0, 0.1) is 0 Å². The number of thiophene rings is 1. The zero-order valence-electron chi connectivity index (χ0n) is 12.8. The summed E-state index contributed by atoms with van der Waals surface area (Å²) >= 11 is 1.36. The molecule has 6 heteroatoms. The molecule has 1 aromatic rings. The van der Waals surface area contributed by atoms with Gasteiger partial charge in [-0.2, -0.15) is 0 Å². The van der Waals surface area contributed by atoms with Crippen molar-refractivity contribution in [1.82, 2.24) is 4.90 Å². The fourth-order valence-corrected chi connectivity index (χ4v) is 3.09. The summed E-state index contributed by atoms with van der Waals surface area (Å²) in [6.07, 6.45) is 1.15. The molecule has 0 atom stereocenters. The molecule has 5 nitrogen and oxygen atoms in total. The Morgan fingerprint density at radius 2 is 2.10 bits per heavy atom. The number of nitrogen functional groups attached to an aromatic ring is 1. The molecule has 1 heterocycles. The minimum atomic E-state index is -0.0278. The summed E-state index contributed by atoms with van der Waals surface area (Å²) in [5.41, 5.74) is 6.37. The number of ether oxygens (including phenoxy) is 1. The van der Waals surface area contributed by atoms with E-state index in [-0.39, 0.29) is 5.78 Å². The Kier molecular flexibility index (Phi) is 6.81. The predicted molar refractivity (Wildman–Crippen MR) is 86.2 cm³/mol. The molecule has 0 bridgehead atoms. The number of nitrogens with two attached hydrogens (primary N) is 1. The first kappa shape index (κ1) is 16.8. The van der Waals surface area contributed by atoms with Crippen molar-refractivity contribution in [2.45, 2.75) is 27.2 Å². The summed E-state index contributed by atoms with van der Waals surface area (Å²) in [6, 6.07) is 0. The quantitative estimate of drug-likeness (QED) is 0.686. The molecule has 0 fully saturated rings. The van der Waals surface area contributed by atoms with E-state index in [9.17, 15) is 4.79 Å². The smallest absolute Gasteiger partial charge is 0.176 e. The van der Waals surface area contributed by atoms with Crippen molar-refractivity contribution in [2.24, 2.45) is 0 Å². The Hall–Kier alpha value is -1.27. The third kappa shape index (κ3) is 4.11. The molecule has 0 amide bonds. The van der Waals surface area contributed by atoms with E-state index in [0.717, 1.165) is 37.6 Å². The molecular weight excluding hydrogens is 274 g/mol. The predicted octanol–water partition coefficient (Wildman–Crippen LogP) is 2.69. The number of rotatable bonds is 9. The van der Waals surface area contributed by atoms with E-state index < -0.39 is 0 Å². The summed E-state index contributed by atoms with van der Waals surface area (Å²) < 4.78 is 5.30. The molecule has 0 aliphatic heterocycles. The summed E-state index contributed by atoms with van der Waals surface area (Å²) in [7, 11) is 1.57. The molecule has 0 aromatic carbocycles. The molecule has 20 heavy (non-hydrogen) atoms. The molecule has 0 unspecified atom stereocenters. The number of nitrogens with one attached hydrogen (secondary N) is 1. The Bertz CT molecular complexity index is 446. The van der Waals surface area contributed by atoms with E-state index in [0.29, 0.717) is 16.3 Å². The van der Waals surface area contributed by atoms with Crippen LogP contribution in [-0.4, -0.2) is 44.0 Å². The van der Waals surface area contributed by atoms with Crippen LogP contribution < -0.4 is 15.8 Å². The summed E-state index contributed by atoms with van der Waals surface area (Å²) in [6.45, 7) is 9.76. The van der Waals surface area contributed by atoms with Crippen LogP contribution in [0.15, 0.2) is 0 Å². The number of carbonyl (C=O) groups is 1. The fraction of sp³-hybridized carbons (Fsp3) is 0.643. The third-order valence-electron chi connectivity index (χ3n) is 3.12. The molecule has 114 valence electrons. The average Bonchev–Trinajstić information content (AvgIpc) is 2.74. The lowest BCUT2D eigenvalue weighted by Crippen LogP contribution is -2.29. The minimum Gasteiger partial charge on any atom is -0.492 e. The van der Waals surface area contributed by atoms with E-state index in [1.54, 1.807) is 7.11 Å². The van der Waals surface area contributed by atoms with Crippen molar-refractivity contribution < 1.29 is 9.53 Å². The van der Waals surface area contributed by atoms with Crippen LogP contribution in [0.2, 0.25) is 0 Å². The molecule has 1 aromatic heterocycles. The van der Waals surface area contributed by atoms with Gasteiger partial charge in [0, 0.05) is 20.0 Å². The van der Waals surface area contributed by atoms with Crippen molar-refractivity contribution in [1.29, 1.82) is 0 Å². The van der Waals surface area contributed by atoms with Crippen molar-refractivity contribution in [3.05, 3.63) is 4.88 Å². The fourth-order valence-electron chi connectivity index (χ4n) is 2.08. The first-order chi connectivity index (χ1) is 9.54. The van der Waals surface area contributed by atoms with Gasteiger partial charge in [0.25, 0.3) is 0 Å². The maximum absolute atomic E-state index is 11.5. The molecule has 0 saturated carbocycles. The Labute approximate surface area is 125 Å². The normalized spacial score (nSPS) is 10.8. The molecule has 0 saturated heterocycles. The van der Waals surface area contributed by atoms with Crippen LogP contribution in [0.5, 0.6) is 5.75 Å². The van der Waals surface area contributed by atoms with Crippen LogP contribution in [-0.2, 0) is 0 Å². The highest BCUT2D eigenvalue weighted by atomic mass is 32.1. The van der Waals surface area contributed by atoms with Crippen LogP contribution in [0.1, 0.15) is 36.9 Å². The number of carbonyl (C=O) groups excluding carboxylic acids is 1. The molecule has 0 spiro atoms. The van der Waals surface area contributed by atoms with Gasteiger partial charge in [0.15, 0.2) is 11.5 Å². The maximum atomic E-state index is 11.5. The average molecular weight is 299 g/mol. The largest absolute Gasteiger partial charge is 0.492 e. The second kappa shape index (κ2) is 8.11. The molecule has 0 radical (unpaired) electrons. The maximum Gasteiger partial charge on any atom is 0.176 e. The van der Waals surface area contributed by atoms with Crippen LogP contribution in [0.3, 0.4) is 0 Å². The van der Waals surface area contributed by atoms with E-state index in [2.05, 4.69) is 24.1 Å². The second-order valence-corrected chi connectivity index (χ2v) is 5.65. The van der Waals surface area contributed by atoms with Gasteiger partial charge in [0.05, 0.1) is 17.7 Å². The van der Waals surface area contributed by atoms with Gasteiger partial charge >= 0.3 is 0 Å². The van der Waals surface area contributed by atoms with Gasteiger partial charge in [-0.05, 0) is 19.5 Å². The first-order valence-electron chi connectivity index (χ1n) is 6.98. The van der Waals surface area contributed by atoms with E-state index in [1.807, 2.05) is 0 Å². The summed E-state index contributed by atoms with van der Waals surface area (Å²) in [5.74, 6) is 0.554. The topological polar surface area (TPSA) is 67.6 Å². The van der Waals surface area contributed by atoms with Gasteiger partial charge in [0.1, 0.15) is 5.00 Å². The second-order valence-electron chi connectivity index (χ2n) is 4.62. The standard InChI is InChI=1S/C14H25N3O2S/c1-5-8-17(6-2)9-7-16-14-12(19-4)11(15)13(20-14)10(3)18/h16H,5-9,15H2,1-4H3. The number of anilines is 2. The van der Waals surface area contributed by atoms with Gasteiger partial charge in [-0.1, -0.05) is 13.8 Å². The van der Waals surface area contributed by atoms with Crippen molar-refractivity contribution in [2.75, 3.05) is 44.3 Å². The van der Waals surface area contributed by atoms with E-state index >= 15 is 0 Å². The monoisotopic (exact) mass is 299 g/mol. The molecule has 3 N–H and O–H groups in total. The van der Waals surface area contributed by atoms with Crippen LogP contribution in [0.4, 0.5) is 10.7 Å². The van der Waals surface area contributed by atoms with Gasteiger partial charge < -0.3 is 20.7 Å². The number of Topliss-reactive ketones (excluding diaryl/α,β-unsaturated/α-hetero) is 1. The lowest BCUT2D eigenvalue weighted by Gasteiger charge is -2.19. The van der Waals surface area contributed by atoms with Gasteiger partial charge in [-0.15, -0.1) is 11.3 Å². The van der Waals surface area contributed by atoms with Gasteiger partial charge in [0.2, 0.25) is 0 Å². The zero-order valence-corrected chi connectivity index (χ0v) is 13.6. The first-order valence-corrected chi connectivity index (χ1v) is 7.80. The van der Waals surface area contributed by atoms with Gasteiger partial charge in [-0.25, -0.2) is 0 Å².